The molecular formula is C22H24N4O. The highest BCUT2D eigenvalue weighted by molar-refractivity contribution is 5.94. The van der Waals surface area contributed by atoms with Crippen LogP contribution in [0.25, 0.3) is 5.69 Å². The fraction of sp³-hybridized carbons (Fsp3) is 0.273. The molecule has 1 aromatic heterocycles. The summed E-state index contributed by atoms with van der Waals surface area (Å²) in [6.07, 6.45) is 6.07. The molecule has 5 heteroatoms. The molecule has 27 heavy (non-hydrogen) atoms. The molecular weight excluding hydrogens is 336 g/mol. The van der Waals surface area contributed by atoms with Crippen LogP contribution < -0.4 is 10.2 Å². The summed E-state index contributed by atoms with van der Waals surface area (Å²) < 4.78 is 1.81. The molecule has 0 fully saturated rings. The number of anilines is 1. The van der Waals surface area contributed by atoms with E-state index in [1.807, 2.05) is 43.6 Å². The molecule has 3 aromatic rings. The molecule has 0 spiro atoms. The van der Waals surface area contributed by atoms with Gasteiger partial charge < -0.3 is 10.2 Å². The fourth-order valence-corrected chi connectivity index (χ4v) is 3.55. The SMILES string of the molecule is Cc1cnn(-c2ccc(C(=O)NCc3ccc4c(c3)CCCN4C)cc2)c1. The normalized spacial score (nSPS) is 13.3. The Morgan fingerprint density at radius 2 is 2.00 bits per heavy atom. The maximum Gasteiger partial charge on any atom is 0.251 e. The van der Waals surface area contributed by atoms with Crippen LogP contribution in [0.2, 0.25) is 0 Å². The lowest BCUT2D eigenvalue weighted by Crippen LogP contribution is -2.25. The molecule has 1 amide bonds. The molecule has 0 saturated carbocycles. The molecule has 0 aliphatic carbocycles. The van der Waals surface area contributed by atoms with E-state index in [1.54, 1.807) is 4.68 Å². The molecule has 0 radical (unpaired) electrons. The quantitative estimate of drug-likeness (QED) is 0.775. The number of amides is 1. The van der Waals surface area contributed by atoms with E-state index in [1.165, 1.54) is 17.7 Å². The maximum atomic E-state index is 12.5. The minimum atomic E-state index is -0.0620. The average molecular weight is 360 g/mol. The average Bonchev–Trinajstić information content (AvgIpc) is 3.13. The van der Waals surface area contributed by atoms with E-state index in [0.29, 0.717) is 12.1 Å². The second-order valence-corrected chi connectivity index (χ2v) is 7.18. The van der Waals surface area contributed by atoms with Crippen molar-refractivity contribution in [3.05, 3.63) is 77.1 Å². The van der Waals surface area contributed by atoms with Gasteiger partial charge in [-0.05, 0) is 66.8 Å². The number of fused-ring (bicyclic) bond motifs is 1. The number of nitrogens with one attached hydrogen (secondary N) is 1. The van der Waals surface area contributed by atoms with E-state index in [2.05, 4.69) is 40.6 Å². The summed E-state index contributed by atoms with van der Waals surface area (Å²) in [6, 6.07) is 14.0. The van der Waals surface area contributed by atoms with Gasteiger partial charge in [-0.15, -0.1) is 0 Å². The van der Waals surface area contributed by atoms with Crippen molar-refractivity contribution in [3.8, 4) is 5.69 Å². The van der Waals surface area contributed by atoms with Gasteiger partial charge in [-0.2, -0.15) is 5.10 Å². The zero-order valence-electron chi connectivity index (χ0n) is 15.8. The molecule has 1 aliphatic rings. The number of hydrogen-bond acceptors (Lipinski definition) is 3. The highest BCUT2D eigenvalue weighted by Gasteiger charge is 2.14. The summed E-state index contributed by atoms with van der Waals surface area (Å²) >= 11 is 0. The number of hydrogen-bond donors (Lipinski definition) is 1. The third-order valence-electron chi connectivity index (χ3n) is 5.05. The Balaban J connectivity index is 1.41. The van der Waals surface area contributed by atoms with E-state index in [0.717, 1.165) is 29.8 Å². The second-order valence-electron chi connectivity index (χ2n) is 7.18. The Morgan fingerprint density at radius 3 is 2.74 bits per heavy atom. The fourth-order valence-electron chi connectivity index (χ4n) is 3.55. The zero-order chi connectivity index (χ0) is 18.8. The largest absolute Gasteiger partial charge is 0.374 e. The summed E-state index contributed by atoms with van der Waals surface area (Å²) in [6.45, 7) is 3.65. The monoisotopic (exact) mass is 360 g/mol. The van der Waals surface area contributed by atoms with Crippen molar-refractivity contribution in [2.75, 3.05) is 18.5 Å². The number of rotatable bonds is 4. The smallest absolute Gasteiger partial charge is 0.251 e. The van der Waals surface area contributed by atoms with Gasteiger partial charge in [0.05, 0.1) is 11.9 Å². The van der Waals surface area contributed by atoms with E-state index >= 15 is 0 Å². The predicted molar refractivity (Wildman–Crippen MR) is 108 cm³/mol. The Hall–Kier alpha value is -3.08. The van der Waals surface area contributed by atoms with Crippen LogP contribution in [0, 0.1) is 6.92 Å². The van der Waals surface area contributed by atoms with Crippen molar-refractivity contribution < 1.29 is 4.79 Å². The van der Waals surface area contributed by atoms with Crippen molar-refractivity contribution in [2.45, 2.75) is 26.3 Å². The molecule has 2 heterocycles. The predicted octanol–water partition coefficient (Wildman–Crippen LogP) is 3.49. The van der Waals surface area contributed by atoms with E-state index in [4.69, 9.17) is 0 Å². The minimum Gasteiger partial charge on any atom is -0.374 e. The van der Waals surface area contributed by atoms with E-state index in [-0.39, 0.29) is 5.91 Å². The summed E-state index contributed by atoms with van der Waals surface area (Å²) in [7, 11) is 2.13. The van der Waals surface area contributed by atoms with Crippen LogP contribution >= 0.6 is 0 Å². The van der Waals surface area contributed by atoms with Crippen LogP contribution in [0.4, 0.5) is 5.69 Å². The van der Waals surface area contributed by atoms with Gasteiger partial charge in [0.25, 0.3) is 5.91 Å². The molecule has 0 atom stereocenters. The highest BCUT2D eigenvalue weighted by Crippen LogP contribution is 2.26. The molecule has 4 rings (SSSR count). The Kier molecular flexibility index (Phi) is 4.67. The van der Waals surface area contributed by atoms with Gasteiger partial charge in [-0.3, -0.25) is 4.79 Å². The van der Waals surface area contributed by atoms with Gasteiger partial charge in [0.2, 0.25) is 0 Å². The summed E-state index contributed by atoms with van der Waals surface area (Å²) in [4.78, 5) is 14.8. The van der Waals surface area contributed by atoms with Crippen LogP contribution in [-0.4, -0.2) is 29.3 Å². The number of nitrogens with zero attached hydrogens (tertiary/aromatic N) is 3. The summed E-state index contributed by atoms with van der Waals surface area (Å²) in [5.41, 5.74) is 6.52. The molecule has 5 nitrogen and oxygen atoms in total. The molecule has 0 unspecified atom stereocenters. The van der Waals surface area contributed by atoms with Gasteiger partial charge in [0.15, 0.2) is 0 Å². The van der Waals surface area contributed by atoms with Crippen molar-refractivity contribution in [3.63, 3.8) is 0 Å². The van der Waals surface area contributed by atoms with Crippen molar-refractivity contribution in [1.82, 2.24) is 15.1 Å². The third kappa shape index (κ3) is 3.72. The van der Waals surface area contributed by atoms with Crippen LogP contribution in [0.15, 0.2) is 54.9 Å². The second kappa shape index (κ2) is 7.27. The van der Waals surface area contributed by atoms with E-state index < -0.39 is 0 Å². The van der Waals surface area contributed by atoms with Crippen LogP contribution in [-0.2, 0) is 13.0 Å². The summed E-state index contributed by atoms with van der Waals surface area (Å²) in [5.74, 6) is -0.0620. The van der Waals surface area contributed by atoms with Gasteiger partial charge in [0.1, 0.15) is 0 Å². The van der Waals surface area contributed by atoms with Crippen LogP contribution in [0.5, 0.6) is 0 Å². The van der Waals surface area contributed by atoms with Crippen molar-refractivity contribution >= 4 is 11.6 Å². The van der Waals surface area contributed by atoms with Gasteiger partial charge in [-0.1, -0.05) is 12.1 Å². The number of aryl methyl sites for hydroxylation is 2. The van der Waals surface area contributed by atoms with Gasteiger partial charge in [-0.25, -0.2) is 4.68 Å². The first-order valence-electron chi connectivity index (χ1n) is 9.33. The van der Waals surface area contributed by atoms with E-state index in [9.17, 15) is 4.79 Å². The standard InChI is InChI=1S/C22H24N4O/c1-16-13-24-26(15-16)20-8-6-18(7-9-20)22(27)23-14-17-5-10-21-19(12-17)4-3-11-25(21)2/h5-10,12-13,15H,3-4,11,14H2,1-2H3,(H,23,27). The molecule has 2 aromatic carbocycles. The minimum absolute atomic E-state index is 0.0620. The Labute approximate surface area is 159 Å². The highest BCUT2D eigenvalue weighted by atomic mass is 16.1. The molecule has 138 valence electrons. The lowest BCUT2D eigenvalue weighted by atomic mass is 9.99. The molecule has 1 N–H and O–H groups in total. The number of aromatic nitrogens is 2. The lowest BCUT2D eigenvalue weighted by Gasteiger charge is -2.27. The first-order valence-corrected chi connectivity index (χ1v) is 9.33. The van der Waals surface area contributed by atoms with Crippen LogP contribution in [0.3, 0.4) is 0 Å². The first kappa shape index (κ1) is 17.3. The molecule has 0 saturated heterocycles. The Bertz CT molecular complexity index is 959. The van der Waals surface area contributed by atoms with Crippen molar-refractivity contribution in [1.29, 1.82) is 0 Å². The Morgan fingerprint density at radius 1 is 1.19 bits per heavy atom. The summed E-state index contributed by atoms with van der Waals surface area (Å²) in [5, 5.41) is 7.31. The van der Waals surface area contributed by atoms with Gasteiger partial charge in [0, 0.05) is 37.6 Å². The molecule has 1 aliphatic heterocycles. The topological polar surface area (TPSA) is 50.2 Å². The maximum absolute atomic E-state index is 12.5. The number of carbonyl (C=O) groups excluding carboxylic acids is 1. The molecule has 0 bridgehead atoms. The number of carbonyl (C=O) groups is 1. The van der Waals surface area contributed by atoms with Crippen LogP contribution in [0.1, 0.15) is 33.5 Å². The van der Waals surface area contributed by atoms with Crippen molar-refractivity contribution in [2.24, 2.45) is 0 Å². The number of benzene rings is 2. The lowest BCUT2D eigenvalue weighted by molar-refractivity contribution is 0.0951. The zero-order valence-corrected chi connectivity index (χ0v) is 15.8. The first-order chi connectivity index (χ1) is 13.1. The van der Waals surface area contributed by atoms with Gasteiger partial charge >= 0.3 is 0 Å². The third-order valence-corrected chi connectivity index (χ3v) is 5.05.